The predicted molar refractivity (Wildman–Crippen MR) is 129 cm³/mol. The number of benzene rings is 1. The molecule has 172 valence electrons. The summed E-state index contributed by atoms with van der Waals surface area (Å²) in [6.45, 7) is 9.58. The largest absolute Gasteiger partial charge is 0.463 e. The Morgan fingerprint density at radius 2 is 1.91 bits per heavy atom. The van der Waals surface area contributed by atoms with Gasteiger partial charge in [-0.2, -0.15) is 0 Å². The molecule has 7 nitrogen and oxygen atoms in total. The number of rotatable bonds is 7. The Balaban J connectivity index is 1.87. The smallest absolute Gasteiger partial charge is 0.338 e. The van der Waals surface area contributed by atoms with Crippen molar-refractivity contribution in [2.24, 2.45) is 4.99 Å². The van der Waals surface area contributed by atoms with E-state index in [2.05, 4.69) is 23.7 Å². The van der Waals surface area contributed by atoms with Crippen molar-refractivity contribution >= 4 is 29.3 Å². The summed E-state index contributed by atoms with van der Waals surface area (Å²) in [4.78, 5) is 33.6. The number of allylic oxidation sites excluding steroid dienone is 1. The van der Waals surface area contributed by atoms with E-state index >= 15 is 0 Å². The van der Waals surface area contributed by atoms with Crippen molar-refractivity contribution in [3.05, 3.63) is 84.7 Å². The Morgan fingerprint density at radius 1 is 1.18 bits per heavy atom. The van der Waals surface area contributed by atoms with Gasteiger partial charge >= 0.3 is 5.97 Å². The number of anilines is 1. The third kappa shape index (κ3) is 4.30. The van der Waals surface area contributed by atoms with E-state index in [1.807, 2.05) is 42.5 Å². The number of furan rings is 1. The fourth-order valence-electron chi connectivity index (χ4n) is 4.00. The van der Waals surface area contributed by atoms with Crippen LogP contribution in [0, 0.1) is 0 Å². The molecule has 0 spiro atoms. The van der Waals surface area contributed by atoms with Crippen LogP contribution in [0.3, 0.4) is 0 Å². The summed E-state index contributed by atoms with van der Waals surface area (Å²) in [5.41, 5.74) is 1.53. The number of carbonyl (C=O) groups is 1. The Morgan fingerprint density at radius 3 is 2.58 bits per heavy atom. The standard InChI is InChI=1S/C25H27N3O4S/c1-5-27(6-2)20-14-13-18(32-20)15-19-23(29)28-22(17-11-9-8-10-12-17)21(24(30)31-7-3)16(4)26-25(28)33-19/h8-15,22H,5-7H2,1-4H3/t22-/m0/s1. The number of nitrogens with zero attached hydrogens (tertiary/aromatic N) is 3. The maximum Gasteiger partial charge on any atom is 0.338 e. The Labute approximate surface area is 195 Å². The molecule has 0 aliphatic carbocycles. The number of hydrogen-bond donors (Lipinski definition) is 0. The summed E-state index contributed by atoms with van der Waals surface area (Å²) in [5.74, 6) is 0.901. The molecule has 0 saturated heterocycles. The maximum absolute atomic E-state index is 13.5. The molecule has 33 heavy (non-hydrogen) atoms. The lowest BCUT2D eigenvalue weighted by Gasteiger charge is -2.24. The highest BCUT2D eigenvalue weighted by Crippen LogP contribution is 2.30. The zero-order chi connectivity index (χ0) is 23.5. The number of carbonyl (C=O) groups excluding carboxylic acids is 1. The molecule has 1 aliphatic rings. The van der Waals surface area contributed by atoms with Crippen molar-refractivity contribution in [1.82, 2.24) is 4.57 Å². The van der Waals surface area contributed by atoms with E-state index < -0.39 is 12.0 Å². The molecular weight excluding hydrogens is 438 g/mol. The Kier molecular flexibility index (Phi) is 6.65. The lowest BCUT2D eigenvalue weighted by molar-refractivity contribution is -0.139. The molecule has 0 amide bonds. The molecule has 3 heterocycles. The number of aromatic nitrogens is 1. The molecule has 1 aliphatic heterocycles. The van der Waals surface area contributed by atoms with Crippen LogP contribution in [0.2, 0.25) is 0 Å². The van der Waals surface area contributed by atoms with E-state index in [-0.39, 0.29) is 12.2 Å². The number of hydrogen-bond acceptors (Lipinski definition) is 7. The highest BCUT2D eigenvalue weighted by atomic mass is 32.1. The molecular formula is C25H27N3O4S. The number of fused-ring (bicyclic) bond motifs is 1. The first-order chi connectivity index (χ1) is 16.0. The minimum atomic E-state index is -0.605. The molecule has 0 bridgehead atoms. The van der Waals surface area contributed by atoms with E-state index in [9.17, 15) is 9.59 Å². The van der Waals surface area contributed by atoms with E-state index in [1.165, 1.54) is 11.3 Å². The van der Waals surface area contributed by atoms with Crippen LogP contribution in [0.1, 0.15) is 45.1 Å². The quantitative estimate of drug-likeness (QED) is 0.501. The Hall–Kier alpha value is -3.39. The lowest BCUT2D eigenvalue weighted by Crippen LogP contribution is -2.39. The third-order valence-electron chi connectivity index (χ3n) is 5.59. The van der Waals surface area contributed by atoms with E-state index in [0.717, 1.165) is 24.5 Å². The van der Waals surface area contributed by atoms with Gasteiger partial charge in [0.15, 0.2) is 10.7 Å². The van der Waals surface area contributed by atoms with Crippen molar-refractivity contribution in [2.75, 3.05) is 24.6 Å². The van der Waals surface area contributed by atoms with Gasteiger partial charge in [0.25, 0.3) is 5.56 Å². The van der Waals surface area contributed by atoms with Crippen LogP contribution >= 0.6 is 11.3 Å². The zero-order valence-corrected chi connectivity index (χ0v) is 20.0. The van der Waals surface area contributed by atoms with Crippen molar-refractivity contribution in [3.63, 3.8) is 0 Å². The summed E-state index contributed by atoms with van der Waals surface area (Å²) in [6.07, 6.45) is 1.74. The van der Waals surface area contributed by atoms with Crippen LogP contribution in [-0.2, 0) is 9.53 Å². The van der Waals surface area contributed by atoms with Gasteiger partial charge in [-0.3, -0.25) is 9.36 Å². The highest BCUT2D eigenvalue weighted by Gasteiger charge is 2.33. The monoisotopic (exact) mass is 465 g/mol. The molecule has 4 rings (SSSR count). The van der Waals surface area contributed by atoms with E-state index in [4.69, 9.17) is 9.15 Å². The molecule has 1 atom stereocenters. The van der Waals surface area contributed by atoms with Gasteiger partial charge in [0.2, 0.25) is 0 Å². The third-order valence-corrected chi connectivity index (χ3v) is 6.58. The minimum Gasteiger partial charge on any atom is -0.463 e. The summed E-state index contributed by atoms with van der Waals surface area (Å²) < 4.78 is 13.3. The first kappa shape index (κ1) is 22.8. The summed E-state index contributed by atoms with van der Waals surface area (Å²) in [6, 6.07) is 12.7. The van der Waals surface area contributed by atoms with Crippen molar-refractivity contribution in [2.45, 2.75) is 33.7 Å². The number of ether oxygens (including phenoxy) is 1. The molecule has 0 saturated carbocycles. The molecule has 0 unspecified atom stereocenters. The maximum atomic E-state index is 13.5. The van der Waals surface area contributed by atoms with Crippen LogP contribution < -0.4 is 19.8 Å². The van der Waals surface area contributed by atoms with E-state index in [1.54, 1.807) is 24.5 Å². The highest BCUT2D eigenvalue weighted by molar-refractivity contribution is 7.07. The van der Waals surface area contributed by atoms with Crippen LogP contribution in [0.25, 0.3) is 6.08 Å². The first-order valence-corrected chi connectivity index (χ1v) is 11.9. The first-order valence-electron chi connectivity index (χ1n) is 11.1. The van der Waals surface area contributed by atoms with Crippen LogP contribution in [-0.4, -0.2) is 30.2 Å². The van der Waals surface area contributed by atoms with E-state index in [0.29, 0.717) is 26.4 Å². The molecule has 3 aromatic rings. The Bertz CT molecular complexity index is 1360. The zero-order valence-electron chi connectivity index (χ0n) is 19.2. The van der Waals surface area contributed by atoms with Gasteiger partial charge in [0.05, 0.1) is 28.5 Å². The number of esters is 1. The molecule has 1 aromatic carbocycles. The summed E-state index contributed by atoms with van der Waals surface area (Å²) >= 11 is 1.28. The lowest BCUT2D eigenvalue weighted by atomic mass is 9.96. The SMILES string of the molecule is CCOC(=O)C1=C(C)N=c2sc(=Cc3ccc(N(CC)CC)o3)c(=O)n2[C@H]1c1ccccc1. The van der Waals surface area contributed by atoms with Crippen molar-refractivity contribution in [1.29, 1.82) is 0 Å². The molecule has 0 fully saturated rings. The van der Waals surface area contributed by atoms with Gasteiger partial charge in [0.1, 0.15) is 5.76 Å². The molecule has 8 heteroatoms. The average Bonchev–Trinajstić information content (AvgIpc) is 3.39. The van der Waals surface area contributed by atoms with Gasteiger partial charge in [-0.15, -0.1) is 0 Å². The molecule has 0 N–H and O–H groups in total. The minimum absolute atomic E-state index is 0.220. The molecule has 0 radical (unpaired) electrons. The fourth-order valence-corrected chi connectivity index (χ4v) is 5.02. The summed E-state index contributed by atoms with van der Waals surface area (Å²) in [7, 11) is 0. The van der Waals surface area contributed by atoms with Crippen LogP contribution in [0.4, 0.5) is 5.88 Å². The second kappa shape index (κ2) is 9.62. The van der Waals surface area contributed by atoms with Gasteiger partial charge in [-0.05, 0) is 39.3 Å². The van der Waals surface area contributed by atoms with Gasteiger partial charge in [-0.1, -0.05) is 41.7 Å². The number of thiazole rings is 1. The van der Waals surface area contributed by atoms with Gasteiger partial charge in [0, 0.05) is 25.2 Å². The van der Waals surface area contributed by atoms with Crippen LogP contribution in [0.5, 0.6) is 0 Å². The van der Waals surface area contributed by atoms with Gasteiger partial charge < -0.3 is 14.1 Å². The predicted octanol–water partition coefficient (Wildman–Crippen LogP) is 3.24. The molecule has 2 aromatic heterocycles. The normalized spacial score (nSPS) is 15.9. The second-order valence-corrected chi connectivity index (χ2v) is 8.57. The van der Waals surface area contributed by atoms with Crippen molar-refractivity contribution < 1.29 is 13.9 Å². The average molecular weight is 466 g/mol. The fraction of sp³-hybridized carbons (Fsp3) is 0.320. The van der Waals surface area contributed by atoms with Gasteiger partial charge in [-0.25, -0.2) is 9.79 Å². The second-order valence-electron chi connectivity index (χ2n) is 7.56. The van der Waals surface area contributed by atoms with Crippen LogP contribution in [0.15, 0.2) is 67.9 Å². The topological polar surface area (TPSA) is 77.0 Å². The summed E-state index contributed by atoms with van der Waals surface area (Å²) in [5, 5.41) is 0. The van der Waals surface area contributed by atoms with Crippen molar-refractivity contribution in [3.8, 4) is 0 Å².